The predicted molar refractivity (Wildman–Crippen MR) is 80.1 cm³/mol. The van der Waals surface area contributed by atoms with Crippen molar-refractivity contribution >= 4 is 0 Å². The number of fused-ring (bicyclic) bond motifs is 3. The Balaban J connectivity index is 1.81. The third kappa shape index (κ3) is 2.73. The minimum Gasteiger partial charge on any atom is -0.374 e. The van der Waals surface area contributed by atoms with Crippen LogP contribution in [0, 0.1) is 29.6 Å². The first-order valence-electron chi connectivity index (χ1n) is 8.82. The Hall–Kier alpha value is -0.0400. The van der Waals surface area contributed by atoms with Gasteiger partial charge in [-0.05, 0) is 55.3 Å². The lowest BCUT2D eigenvalue weighted by Gasteiger charge is -2.34. The highest BCUT2D eigenvalue weighted by molar-refractivity contribution is 4.98. The Kier molecular flexibility index (Phi) is 4.22. The van der Waals surface area contributed by atoms with Crippen LogP contribution >= 0.6 is 0 Å². The molecule has 1 nitrogen and oxygen atoms in total. The van der Waals surface area contributed by atoms with Gasteiger partial charge in [0.2, 0.25) is 0 Å². The molecule has 0 radical (unpaired) electrons. The maximum absolute atomic E-state index is 6.57. The molecule has 6 unspecified atom stereocenters. The Morgan fingerprint density at radius 2 is 1.79 bits per heavy atom. The fourth-order valence-corrected chi connectivity index (χ4v) is 5.34. The van der Waals surface area contributed by atoms with E-state index >= 15 is 0 Å². The van der Waals surface area contributed by atoms with Crippen LogP contribution in [0.1, 0.15) is 72.1 Å². The van der Waals surface area contributed by atoms with Crippen molar-refractivity contribution in [3.8, 4) is 0 Å². The summed E-state index contributed by atoms with van der Waals surface area (Å²) in [6.45, 7) is 7.25. The van der Waals surface area contributed by atoms with Gasteiger partial charge >= 0.3 is 0 Å². The van der Waals surface area contributed by atoms with Crippen molar-refractivity contribution in [3.05, 3.63) is 0 Å². The first-order valence-corrected chi connectivity index (χ1v) is 8.82. The van der Waals surface area contributed by atoms with Gasteiger partial charge in [-0.2, -0.15) is 0 Å². The summed E-state index contributed by atoms with van der Waals surface area (Å²) in [4.78, 5) is 0. The van der Waals surface area contributed by atoms with Crippen LogP contribution in [0.25, 0.3) is 0 Å². The molecule has 0 aromatic rings. The molecule has 3 aliphatic rings. The van der Waals surface area contributed by atoms with Gasteiger partial charge in [-0.25, -0.2) is 0 Å². The highest BCUT2D eigenvalue weighted by Crippen LogP contribution is 2.51. The molecule has 0 amide bonds. The molecule has 2 aliphatic carbocycles. The molecule has 3 fully saturated rings. The van der Waals surface area contributed by atoms with Gasteiger partial charge in [0.15, 0.2) is 0 Å². The fourth-order valence-electron chi connectivity index (χ4n) is 5.34. The average molecular weight is 264 g/mol. The smallest absolute Gasteiger partial charge is 0.0638 e. The third-order valence-electron chi connectivity index (χ3n) is 6.07. The molecular formula is C18H32O. The lowest BCUT2D eigenvalue weighted by atomic mass is 9.69. The molecule has 0 aromatic carbocycles. The Bertz CT molecular complexity index is 298. The number of hydrogen-bond donors (Lipinski definition) is 0. The van der Waals surface area contributed by atoms with Gasteiger partial charge in [0.25, 0.3) is 0 Å². The minimum absolute atomic E-state index is 0.597. The largest absolute Gasteiger partial charge is 0.374 e. The van der Waals surface area contributed by atoms with Gasteiger partial charge in [-0.15, -0.1) is 0 Å². The van der Waals surface area contributed by atoms with Gasteiger partial charge in [0, 0.05) is 0 Å². The van der Waals surface area contributed by atoms with Crippen molar-refractivity contribution in [2.24, 2.45) is 29.6 Å². The van der Waals surface area contributed by atoms with Gasteiger partial charge < -0.3 is 4.74 Å². The van der Waals surface area contributed by atoms with E-state index < -0.39 is 0 Å². The Labute approximate surface area is 119 Å². The minimum atomic E-state index is 0.597. The van der Waals surface area contributed by atoms with E-state index in [4.69, 9.17) is 4.74 Å². The second-order valence-electron chi connectivity index (χ2n) is 7.96. The van der Waals surface area contributed by atoms with E-state index in [2.05, 4.69) is 20.8 Å². The third-order valence-corrected chi connectivity index (χ3v) is 6.07. The first-order chi connectivity index (χ1) is 9.16. The van der Waals surface area contributed by atoms with Crippen LogP contribution in [0.5, 0.6) is 0 Å². The van der Waals surface area contributed by atoms with E-state index in [0.717, 1.165) is 29.6 Å². The predicted octanol–water partition coefficient (Wildman–Crippen LogP) is 5.04. The van der Waals surface area contributed by atoms with Crippen molar-refractivity contribution in [2.45, 2.75) is 84.3 Å². The van der Waals surface area contributed by atoms with Crippen molar-refractivity contribution in [3.63, 3.8) is 0 Å². The molecule has 1 heteroatoms. The SMILES string of the molecule is CC(C)CC1CCCC(C)C2OC3CCCCC3C12. The van der Waals surface area contributed by atoms with Crippen molar-refractivity contribution in [1.29, 1.82) is 0 Å². The quantitative estimate of drug-likeness (QED) is 0.678. The summed E-state index contributed by atoms with van der Waals surface area (Å²) in [5.74, 6) is 4.39. The molecule has 19 heavy (non-hydrogen) atoms. The summed E-state index contributed by atoms with van der Waals surface area (Å²) in [7, 11) is 0. The maximum atomic E-state index is 6.57. The van der Waals surface area contributed by atoms with E-state index in [9.17, 15) is 0 Å². The number of hydrogen-bond acceptors (Lipinski definition) is 1. The molecule has 110 valence electrons. The Morgan fingerprint density at radius 1 is 1.00 bits per heavy atom. The van der Waals surface area contributed by atoms with Crippen LogP contribution < -0.4 is 0 Å². The summed E-state index contributed by atoms with van der Waals surface area (Å²) in [5, 5.41) is 0. The average Bonchev–Trinajstić information content (AvgIpc) is 2.69. The van der Waals surface area contributed by atoms with E-state index in [-0.39, 0.29) is 0 Å². The zero-order chi connectivity index (χ0) is 13.4. The topological polar surface area (TPSA) is 9.23 Å². The van der Waals surface area contributed by atoms with Gasteiger partial charge in [0.1, 0.15) is 0 Å². The second kappa shape index (κ2) is 5.76. The zero-order valence-electron chi connectivity index (χ0n) is 13.1. The highest BCUT2D eigenvalue weighted by atomic mass is 16.5. The zero-order valence-corrected chi connectivity index (χ0v) is 13.1. The van der Waals surface area contributed by atoms with E-state index in [1.54, 1.807) is 0 Å². The highest BCUT2D eigenvalue weighted by Gasteiger charge is 2.50. The van der Waals surface area contributed by atoms with Crippen LogP contribution in [-0.2, 0) is 4.74 Å². The molecule has 0 N–H and O–H groups in total. The van der Waals surface area contributed by atoms with Crippen LogP contribution in [0.3, 0.4) is 0 Å². The normalized spacial score (nSPS) is 46.7. The molecular weight excluding hydrogens is 232 g/mol. The van der Waals surface area contributed by atoms with Gasteiger partial charge in [0.05, 0.1) is 12.2 Å². The molecule has 1 aliphatic heterocycles. The van der Waals surface area contributed by atoms with Crippen molar-refractivity contribution in [1.82, 2.24) is 0 Å². The standard InChI is InChI=1S/C18H32O/c1-12(2)11-14-8-6-7-13(3)18-17(14)15-9-4-5-10-16(15)19-18/h12-18H,4-11H2,1-3H3. The lowest BCUT2D eigenvalue weighted by molar-refractivity contribution is -0.0124. The molecule has 0 bridgehead atoms. The molecule has 3 rings (SSSR count). The monoisotopic (exact) mass is 264 g/mol. The number of rotatable bonds is 2. The molecule has 1 heterocycles. The summed E-state index contributed by atoms with van der Waals surface area (Å²) in [6.07, 6.45) is 12.6. The van der Waals surface area contributed by atoms with Crippen LogP contribution in [0.2, 0.25) is 0 Å². The molecule has 6 atom stereocenters. The lowest BCUT2D eigenvalue weighted by Crippen LogP contribution is -2.32. The van der Waals surface area contributed by atoms with Gasteiger partial charge in [-0.3, -0.25) is 0 Å². The van der Waals surface area contributed by atoms with E-state index in [0.29, 0.717) is 12.2 Å². The first kappa shape index (κ1) is 13.9. The van der Waals surface area contributed by atoms with E-state index in [1.807, 2.05) is 0 Å². The molecule has 0 spiro atoms. The summed E-state index contributed by atoms with van der Waals surface area (Å²) in [5.41, 5.74) is 0. The van der Waals surface area contributed by atoms with Crippen molar-refractivity contribution < 1.29 is 4.74 Å². The summed E-state index contributed by atoms with van der Waals surface area (Å²) < 4.78 is 6.57. The molecule has 2 saturated carbocycles. The van der Waals surface area contributed by atoms with Crippen LogP contribution in [-0.4, -0.2) is 12.2 Å². The number of ether oxygens (including phenoxy) is 1. The summed E-state index contributed by atoms with van der Waals surface area (Å²) in [6, 6.07) is 0. The van der Waals surface area contributed by atoms with Crippen LogP contribution in [0.15, 0.2) is 0 Å². The maximum Gasteiger partial charge on any atom is 0.0638 e. The molecule has 0 aromatic heterocycles. The molecule has 1 saturated heterocycles. The summed E-state index contributed by atoms with van der Waals surface area (Å²) >= 11 is 0. The Morgan fingerprint density at radius 3 is 2.58 bits per heavy atom. The van der Waals surface area contributed by atoms with Crippen molar-refractivity contribution in [2.75, 3.05) is 0 Å². The fraction of sp³-hybridized carbons (Fsp3) is 1.00. The van der Waals surface area contributed by atoms with E-state index in [1.165, 1.54) is 51.4 Å². The second-order valence-corrected chi connectivity index (χ2v) is 7.96. The van der Waals surface area contributed by atoms with Gasteiger partial charge in [-0.1, -0.05) is 46.5 Å². The van der Waals surface area contributed by atoms with Crippen LogP contribution in [0.4, 0.5) is 0 Å².